The first-order chi connectivity index (χ1) is 11.5. The molecule has 1 aliphatic heterocycles. The number of fused-ring (bicyclic) bond motifs is 1. The molecule has 6 nitrogen and oxygen atoms in total. The third-order valence-corrected chi connectivity index (χ3v) is 3.93. The molecule has 24 heavy (non-hydrogen) atoms. The van der Waals surface area contributed by atoms with Crippen LogP contribution in [0.15, 0.2) is 42.0 Å². The number of methoxy groups -OCH3 is 1. The highest BCUT2D eigenvalue weighted by Gasteiger charge is 2.24. The zero-order chi connectivity index (χ0) is 17.3. The van der Waals surface area contributed by atoms with Gasteiger partial charge in [-0.2, -0.15) is 0 Å². The summed E-state index contributed by atoms with van der Waals surface area (Å²) in [5.41, 5.74) is 1.09. The minimum absolute atomic E-state index is 0.0449. The average Bonchev–Trinajstić information content (AvgIpc) is 2.58. The van der Waals surface area contributed by atoms with Gasteiger partial charge in [0.05, 0.1) is 17.6 Å². The Hall–Kier alpha value is -2.86. The van der Waals surface area contributed by atoms with Gasteiger partial charge in [0.25, 0.3) is 5.69 Å². The molecular weight excluding hydrogens is 334 g/mol. The van der Waals surface area contributed by atoms with Gasteiger partial charge in [-0.1, -0.05) is 17.7 Å². The summed E-state index contributed by atoms with van der Waals surface area (Å²) in [5.74, 6) is 0.835. The fourth-order valence-corrected chi connectivity index (χ4v) is 2.59. The Morgan fingerprint density at radius 1 is 1.29 bits per heavy atom. The van der Waals surface area contributed by atoms with E-state index in [0.717, 1.165) is 0 Å². The summed E-state index contributed by atoms with van der Waals surface area (Å²) in [6.07, 6.45) is 1.56. The van der Waals surface area contributed by atoms with Gasteiger partial charge < -0.3 is 9.47 Å². The number of nitrogens with zero attached hydrogens (tertiary/aromatic N) is 1. The third kappa shape index (κ3) is 2.96. The van der Waals surface area contributed by atoms with Crippen molar-refractivity contribution in [2.75, 3.05) is 13.7 Å². The van der Waals surface area contributed by atoms with Crippen molar-refractivity contribution in [3.8, 4) is 11.5 Å². The molecule has 0 aromatic heterocycles. The highest BCUT2D eigenvalue weighted by molar-refractivity contribution is 6.32. The minimum atomic E-state index is -0.566. The van der Waals surface area contributed by atoms with Crippen molar-refractivity contribution in [2.45, 2.75) is 0 Å². The van der Waals surface area contributed by atoms with Crippen molar-refractivity contribution in [3.05, 3.63) is 68.2 Å². The Kier molecular flexibility index (Phi) is 4.22. The fourth-order valence-electron chi connectivity index (χ4n) is 2.40. The van der Waals surface area contributed by atoms with Crippen LogP contribution in [0.2, 0.25) is 5.02 Å². The molecule has 1 heterocycles. The first-order valence-corrected chi connectivity index (χ1v) is 7.37. The Morgan fingerprint density at radius 3 is 2.79 bits per heavy atom. The van der Waals surface area contributed by atoms with E-state index in [2.05, 4.69) is 0 Å². The van der Waals surface area contributed by atoms with E-state index < -0.39 is 4.92 Å². The topological polar surface area (TPSA) is 78.7 Å². The minimum Gasteiger partial charge on any atom is -0.497 e. The molecular formula is C17H12ClNO5. The molecule has 0 spiro atoms. The number of halogens is 1. The molecule has 0 radical (unpaired) electrons. The fraction of sp³-hybridized carbons (Fsp3) is 0.118. The normalized spacial score (nSPS) is 14.9. The van der Waals surface area contributed by atoms with Crippen LogP contribution < -0.4 is 9.47 Å². The van der Waals surface area contributed by atoms with Gasteiger partial charge in [-0.25, -0.2) is 0 Å². The van der Waals surface area contributed by atoms with Crippen LogP contribution in [0.5, 0.6) is 11.5 Å². The van der Waals surface area contributed by atoms with E-state index >= 15 is 0 Å². The molecule has 1 aliphatic rings. The molecule has 0 saturated heterocycles. The average molecular weight is 346 g/mol. The van der Waals surface area contributed by atoms with Crippen molar-refractivity contribution in [2.24, 2.45) is 0 Å². The predicted molar refractivity (Wildman–Crippen MR) is 88.9 cm³/mol. The number of rotatable bonds is 3. The van der Waals surface area contributed by atoms with Crippen LogP contribution in [0.1, 0.15) is 15.9 Å². The van der Waals surface area contributed by atoms with Crippen molar-refractivity contribution < 1.29 is 19.2 Å². The molecule has 0 amide bonds. The van der Waals surface area contributed by atoms with E-state index in [4.69, 9.17) is 21.1 Å². The smallest absolute Gasteiger partial charge is 0.288 e. The molecule has 0 fully saturated rings. The second-order valence-electron chi connectivity index (χ2n) is 5.12. The first kappa shape index (κ1) is 16.0. The third-order valence-electron chi connectivity index (χ3n) is 3.61. The standard InChI is InChI=1S/C17H12ClNO5/c1-23-12-3-5-16-13(8-12)17(20)11(9-24-16)6-10-2-4-14(18)15(7-10)19(21)22/h2-8H,9H2,1H3/b11-6+. The van der Waals surface area contributed by atoms with Crippen LogP contribution in [0.4, 0.5) is 5.69 Å². The lowest BCUT2D eigenvalue weighted by molar-refractivity contribution is -0.384. The van der Waals surface area contributed by atoms with Gasteiger partial charge in [0.1, 0.15) is 23.1 Å². The SMILES string of the molecule is COc1ccc2c(c1)C(=O)/C(=C/c1ccc(Cl)c([N+](=O)[O-])c1)CO2. The highest BCUT2D eigenvalue weighted by Crippen LogP contribution is 2.32. The summed E-state index contributed by atoms with van der Waals surface area (Å²) in [6.45, 7) is 0.0919. The van der Waals surface area contributed by atoms with E-state index in [1.54, 1.807) is 30.3 Å². The molecule has 7 heteroatoms. The number of Topliss-reactive ketones (excluding diaryl/α,β-unsaturated/α-hetero) is 1. The van der Waals surface area contributed by atoms with Gasteiger partial charge in [-0.05, 0) is 35.9 Å². The maximum absolute atomic E-state index is 12.6. The molecule has 2 aromatic carbocycles. The molecule has 3 rings (SSSR count). The summed E-state index contributed by atoms with van der Waals surface area (Å²) in [6, 6.07) is 9.35. The summed E-state index contributed by atoms with van der Waals surface area (Å²) in [5, 5.41) is 11.0. The van der Waals surface area contributed by atoms with E-state index in [1.165, 1.54) is 19.2 Å². The van der Waals surface area contributed by atoms with Gasteiger partial charge in [0.15, 0.2) is 5.78 Å². The second-order valence-corrected chi connectivity index (χ2v) is 5.52. The number of hydrogen-bond acceptors (Lipinski definition) is 5. The maximum atomic E-state index is 12.6. The lowest BCUT2D eigenvalue weighted by Crippen LogP contribution is -2.19. The number of nitro benzene ring substituents is 1. The van der Waals surface area contributed by atoms with E-state index in [1.807, 2.05) is 0 Å². The number of hydrogen-bond donors (Lipinski definition) is 0. The Balaban J connectivity index is 1.98. The maximum Gasteiger partial charge on any atom is 0.288 e. The van der Waals surface area contributed by atoms with Gasteiger partial charge in [-0.15, -0.1) is 0 Å². The molecule has 122 valence electrons. The van der Waals surface area contributed by atoms with E-state index in [-0.39, 0.29) is 23.1 Å². The zero-order valence-electron chi connectivity index (χ0n) is 12.6. The molecule has 0 aliphatic carbocycles. The molecule has 0 N–H and O–H groups in total. The van der Waals surface area contributed by atoms with Gasteiger partial charge in [-0.3, -0.25) is 14.9 Å². The summed E-state index contributed by atoms with van der Waals surface area (Å²) in [7, 11) is 1.51. The van der Waals surface area contributed by atoms with E-state index in [0.29, 0.717) is 28.2 Å². The van der Waals surface area contributed by atoms with Crippen LogP contribution in [0.25, 0.3) is 6.08 Å². The van der Waals surface area contributed by atoms with Gasteiger partial charge >= 0.3 is 0 Å². The van der Waals surface area contributed by atoms with Crippen LogP contribution in [0, 0.1) is 10.1 Å². The molecule has 0 unspecified atom stereocenters. The van der Waals surface area contributed by atoms with Crippen LogP contribution >= 0.6 is 11.6 Å². The van der Waals surface area contributed by atoms with Crippen molar-refractivity contribution in [3.63, 3.8) is 0 Å². The van der Waals surface area contributed by atoms with Crippen LogP contribution in [-0.2, 0) is 0 Å². The van der Waals surface area contributed by atoms with Gasteiger partial charge in [0, 0.05) is 11.6 Å². The Morgan fingerprint density at radius 2 is 2.08 bits per heavy atom. The zero-order valence-corrected chi connectivity index (χ0v) is 13.4. The van der Waals surface area contributed by atoms with Crippen molar-refractivity contribution in [1.82, 2.24) is 0 Å². The number of ketones is 1. The quantitative estimate of drug-likeness (QED) is 0.478. The Labute approximate surface area is 142 Å². The number of ether oxygens (including phenoxy) is 2. The van der Waals surface area contributed by atoms with Crippen molar-refractivity contribution >= 4 is 29.1 Å². The molecule has 0 saturated carbocycles. The van der Waals surface area contributed by atoms with Crippen molar-refractivity contribution in [1.29, 1.82) is 0 Å². The van der Waals surface area contributed by atoms with Gasteiger partial charge in [0.2, 0.25) is 0 Å². The number of carbonyl (C=O) groups is 1. The largest absolute Gasteiger partial charge is 0.497 e. The lowest BCUT2D eigenvalue weighted by atomic mass is 9.98. The number of nitro groups is 1. The predicted octanol–water partition coefficient (Wildman–Crippen LogP) is 3.92. The molecule has 0 atom stereocenters. The lowest BCUT2D eigenvalue weighted by Gasteiger charge is -2.19. The highest BCUT2D eigenvalue weighted by atomic mass is 35.5. The number of benzene rings is 2. The summed E-state index contributed by atoms with van der Waals surface area (Å²) < 4.78 is 10.7. The molecule has 0 bridgehead atoms. The molecule has 2 aromatic rings. The Bertz CT molecular complexity index is 875. The van der Waals surface area contributed by atoms with Crippen LogP contribution in [-0.4, -0.2) is 24.4 Å². The summed E-state index contributed by atoms with van der Waals surface area (Å²) >= 11 is 5.80. The number of carbonyl (C=O) groups excluding carboxylic acids is 1. The first-order valence-electron chi connectivity index (χ1n) is 6.99. The van der Waals surface area contributed by atoms with Crippen LogP contribution in [0.3, 0.4) is 0 Å². The summed E-state index contributed by atoms with van der Waals surface area (Å²) in [4.78, 5) is 23.0. The monoisotopic (exact) mass is 345 g/mol. The van der Waals surface area contributed by atoms with E-state index in [9.17, 15) is 14.9 Å². The second kappa shape index (κ2) is 6.33.